The van der Waals surface area contributed by atoms with Gasteiger partial charge in [-0.15, -0.1) is 0 Å². The molecule has 1 aromatic rings. The van der Waals surface area contributed by atoms with Crippen molar-refractivity contribution in [2.75, 3.05) is 5.73 Å². The van der Waals surface area contributed by atoms with Crippen LogP contribution in [0, 0.1) is 5.82 Å². The van der Waals surface area contributed by atoms with Crippen LogP contribution in [0.2, 0.25) is 5.02 Å². The molecule has 0 saturated heterocycles. The second-order valence-electron chi connectivity index (χ2n) is 1.80. The lowest BCUT2D eigenvalue weighted by atomic mass is 10.3. The Morgan fingerprint density at radius 2 is 2.10 bits per heavy atom. The zero-order chi connectivity index (χ0) is 7.72. The van der Waals surface area contributed by atoms with E-state index in [2.05, 4.69) is 15.9 Å². The summed E-state index contributed by atoms with van der Waals surface area (Å²) in [5, 5.41) is 0.0341. The normalized spacial score (nSPS) is 9.90. The van der Waals surface area contributed by atoms with Crippen LogP contribution in [0.4, 0.5) is 10.1 Å². The second kappa shape index (κ2) is 2.76. The van der Waals surface area contributed by atoms with Crippen LogP contribution >= 0.6 is 27.5 Å². The highest BCUT2D eigenvalue weighted by molar-refractivity contribution is 9.10. The van der Waals surface area contributed by atoms with Crippen molar-refractivity contribution in [3.8, 4) is 0 Å². The van der Waals surface area contributed by atoms with Gasteiger partial charge in [0.05, 0.1) is 9.50 Å². The third-order valence-electron chi connectivity index (χ3n) is 1.01. The van der Waals surface area contributed by atoms with E-state index in [0.717, 1.165) is 0 Å². The quantitative estimate of drug-likeness (QED) is 0.532. The molecule has 0 aliphatic carbocycles. The van der Waals surface area contributed by atoms with Crippen LogP contribution < -0.4 is 5.73 Å². The SMILES string of the molecule is Nc1cc(Cl)c(F)c(Br)c1. The standard InChI is InChI=1S/C6H4BrClFN/c7-4-1-3(10)2-5(8)6(4)9/h1-2H,10H2. The first-order chi connectivity index (χ1) is 4.61. The molecule has 0 amide bonds. The van der Waals surface area contributed by atoms with Crippen molar-refractivity contribution in [2.45, 2.75) is 0 Å². The lowest BCUT2D eigenvalue weighted by Gasteiger charge is -1.98. The Hall–Kier alpha value is -0.280. The highest BCUT2D eigenvalue weighted by Crippen LogP contribution is 2.25. The molecule has 0 aromatic heterocycles. The van der Waals surface area contributed by atoms with Crippen LogP contribution in [0.1, 0.15) is 0 Å². The van der Waals surface area contributed by atoms with Gasteiger partial charge >= 0.3 is 0 Å². The van der Waals surface area contributed by atoms with Crippen molar-refractivity contribution in [2.24, 2.45) is 0 Å². The number of nitrogen functional groups attached to an aromatic ring is 1. The Balaban J connectivity index is 3.31. The summed E-state index contributed by atoms with van der Waals surface area (Å²) in [7, 11) is 0. The maximum Gasteiger partial charge on any atom is 0.156 e. The minimum atomic E-state index is -0.476. The summed E-state index contributed by atoms with van der Waals surface area (Å²) < 4.78 is 13.0. The number of anilines is 1. The van der Waals surface area contributed by atoms with Crippen molar-refractivity contribution < 1.29 is 4.39 Å². The Labute approximate surface area is 71.1 Å². The third-order valence-corrected chi connectivity index (χ3v) is 1.86. The van der Waals surface area contributed by atoms with E-state index < -0.39 is 5.82 Å². The molecule has 0 aliphatic rings. The van der Waals surface area contributed by atoms with E-state index in [0.29, 0.717) is 5.69 Å². The van der Waals surface area contributed by atoms with Crippen molar-refractivity contribution in [3.05, 3.63) is 27.4 Å². The Morgan fingerprint density at radius 1 is 1.50 bits per heavy atom. The molecular formula is C6H4BrClFN. The van der Waals surface area contributed by atoms with E-state index in [1.165, 1.54) is 12.1 Å². The van der Waals surface area contributed by atoms with Crippen LogP contribution in [0.5, 0.6) is 0 Å². The summed E-state index contributed by atoms with van der Waals surface area (Å²) in [5.74, 6) is -0.476. The highest BCUT2D eigenvalue weighted by Gasteiger charge is 2.04. The van der Waals surface area contributed by atoms with Crippen LogP contribution in [-0.4, -0.2) is 0 Å². The molecule has 4 heteroatoms. The number of nitrogens with two attached hydrogens (primary N) is 1. The van der Waals surface area contributed by atoms with Gasteiger partial charge in [0.2, 0.25) is 0 Å². The topological polar surface area (TPSA) is 26.0 Å². The molecule has 0 radical (unpaired) electrons. The molecule has 1 aromatic carbocycles. The molecule has 0 aliphatic heterocycles. The zero-order valence-corrected chi connectivity index (χ0v) is 7.21. The van der Waals surface area contributed by atoms with Gasteiger partial charge in [-0.25, -0.2) is 4.39 Å². The van der Waals surface area contributed by atoms with Crippen LogP contribution in [0.3, 0.4) is 0 Å². The first-order valence-electron chi connectivity index (χ1n) is 2.51. The van der Waals surface area contributed by atoms with Crippen LogP contribution in [-0.2, 0) is 0 Å². The van der Waals surface area contributed by atoms with Crippen LogP contribution in [0.25, 0.3) is 0 Å². The lowest BCUT2D eigenvalue weighted by Crippen LogP contribution is -1.87. The lowest BCUT2D eigenvalue weighted by molar-refractivity contribution is 0.622. The smallest absolute Gasteiger partial charge is 0.156 e. The molecule has 0 heterocycles. The fourth-order valence-corrected chi connectivity index (χ4v) is 1.39. The van der Waals surface area contributed by atoms with Crippen molar-refractivity contribution >= 4 is 33.2 Å². The summed E-state index contributed by atoms with van der Waals surface area (Å²) in [6.07, 6.45) is 0. The molecule has 54 valence electrons. The molecule has 2 N–H and O–H groups in total. The zero-order valence-electron chi connectivity index (χ0n) is 4.87. The first kappa shape index (κ1) is 7.82. The van der Waals surface area contributed by atoms with Crippen molar-refractivity contribution in [1.82, 2.24) is 0 Å². The fraction of sp³-hybridized carbons (Fsp3) is 0. The number of rotatable bonds is 0. The fourth-order valence-electron chi connectivity index (χ4n) is 0.575. The van der Waals surface area contributed by atoms with Gasteiger partial charge in [0.25, 0.3) is 0 Å². The number of hydrogen-bond acceptors (Lipinski definition) is 1. The van der Waals surface area contributed by atoms with Gasteiger partial charge in [-0.2, -0.15) is 0 Å². The molecule has 1 rings (SSSR count). The molecule has 10 heavy (non-hydrogen) atoms. The number of halogens is 3. The molecule has 0 fully saturated rings. The highest BCUT2D eigenvalue weighted by atomic mass is 79.9. The molecule has 1 nitrogen and oxygen atoms in total. The predicted molar refractivity (Wildman–Crippen MR) is 43.5 cm³/mol. The van der Waals surface area contributed by atoms with Crippen molar-refractivity contribution in [3.63, 3.8) is 0 Å². The summed E-state index contributed by atoms with van der Waals surface area (Å²) >= 11 is 8.39. The Morgan fingerprint density at radius 3 is 2.60 bits per heavy atom. The van der Waals surface area contributed by atoms with E-state index in [4.69, 9.17) is 17.3 Å². The van der Waals surface area contributed by atoms with E-state index in [1.54, 1.807) is 0 Å². The summed E-state index contributed by atoms with van der Waals surface area (Å²) in [4.78, 5) is 0. The number of hydrogen-bond donors (Lipinski definition) is 1. The average Bonchev–Trinajstić information content (AvgIpc) is 1.82. The Kier molecular flexibility index (Phi) is 2.16. The van der Waals surface area contributed by atoms with Gasteiger partial charge in [-0.1, -0.05) is 11.6 Å². The van der Waals surface area contributed by atoms with E-state index >= 15 is 0 Å². The minimum absolute atomic E-state index is 0.0341. The first-order valence-corrected chi connectivity index (χ1v) is 3.68. The van der Waals surface area contributed by atoms with Gasteiger partial charge in [0.1, 0.15) is 0 Å². The summed E-state index contributed by atoms with van der Waals surface area (Å²) in [6, 6.07) is 2.82. The predicted octanol–water partition coefficient (Wildman–Crippen LogP) is 2.82. The van der Waals surface area contributed by atoms with E-state index in [9.17, 15) is 4.39 Å². The van der Waals surface area contributed by atoms with Gasteiger partial charge < -0.3 is 5.73 Å². The molecule has 0 spiro atoms. The average molecular weight is 224 g/mol. The third kappa shape index (κ3) is 1.41. The van der Waals surface area contributed by atoms with Gasteiger partial charge in [0, 0.05) is 5.69 Å². The molecule has 0 atom stereocenters. The molecule has 0 saturated carbocycles. The molecular weight excluding hydrogens is 220 g/mol. The Bertz CT molecular complexity index is 241. The summed E-state index contributed by atoms with van der Waals surface area (Å²) in [5.41, 5.74) is 5.79. The molecule has 0 unspecified atom stereocenters. The number of benzene rings is 1. The summed E-state index contributed by atoms with van der Waals surface area (Å²) in [6.45, 7) is 0. The molecule has 0 bridgehead atoms. The second-order valence-corrected chi connectivity index (χ2v) is 3.06. The van der Waals surface area contributed by atoms with Crippen LogP contribution in [0.15, 0.2) is 16.6 Å². The maximum absolute atomic E-state index is 12.7. The van der Waals surface area contributed by atoms with Gasteiger partial charge in [0.15, 0.2) is 5.82 Å². The van der Waals surface area contributed by atoms with Gasteiger partial charge in [-0.3, -0.25) is 0 Å². The van der Waals surface area contributed by atoms with Gasteiger partial charge in [-0.05, 0) is 28.1 Å². The largest absolute Gasteiger partial charge is 0.399 e. The van der Waals surface area contributed by atoms with Crippen molar-refractivity contribution in [1.29, 1.82) is 0 Å². The maximum atomic E-state index is 12.7. The van der Waals surface area contributed by atoms with E-state index in [-0.39, 0.29) is 9.50 Å². The monoisotopic (exact) mass is 223 g/mol. The minimum Gasteiger partial charge on any atom is -0.399 e. The van der Waals surface area contributed by atoms with E-state index in [1.807, 2.05) is 0 Å².